The average molecular weight is 177 g/mol. The van der Waals surface area contributed by atoms with Crippen molar-refractivity contribution in [1.29, 1.82) is 0 Å². The zero-order valence-corrected chi connectivity index (χ0v) is 6.93. The Kier molecular flexibility index (Phi) is 2.30. The second-order valence-electron chi connectivity index (χ2n) is 2.60. The van der Waals surface area contributed by atoms with E-state index in [1.807, 2.05) is 0 Å². The number of ether oxygens (including phenoxy) is 1. The summed E-state index contributed by atoms with van der Waals surface area (Å²) in [5.41, 5.74) is 0. The second-order valence-corrected chi connectivity index (χ2v) is 3.27. The molecule has 1 fully saturated rings. The van der Waals surface area contributed by atoms with Crippen molar-refractivity contribution in [3.8, 4) is 0 Å². The van der Waals surface area contributed by atoms with E-state index >= 15 is 0 Å². The van der Waals surface area contributed by atoms with Gasteiger partial charge in [-0.05, 0) is 13.3 Å². The van der Waals surface area contributed by atoms with Crippen LogP contribution in [-0.4, -0.2) is 29.7 Å². The third-order valence-corrected chi connectivity index (χ3v) is 2.59. The summed E-state index contributed by atoms with van der Waals surface area (Å²) >= 11 is 5.87. The smallest absolute Gasteiger partial charge is 0.153 e. The lowest BCUT2D eigenvalue weighted by atomic mass is 9.97. The molecule has 1 aliphatic rings. The molecule has 4 heteroatoms. The Morgan fingerprint density at radius 1 is 1.82 bits per heavy atom. The largest absolute Gasteiger partial charge is 0.368 e. The molecule has 0 aliphatic carbocycles. The van der Waals surface area contributed by atoms with E-state index in [2.05, 4.69) is 0 Å². The Morgan fingerprint density at radius 3 is 2.82 bits per heavy atom. The third-order valence-electron chi connectivity index (χ3n) is 1.92. The molecule has 0 radical (unpaired) electrons. The number of aldehydes is 1. The molecule has 0 aromatic heterocycles. The number of rotatable bonds is 2. The van der Waals surface area contributed by atoms with Gasteiger partial charge in [0.05, 0.1) is 0 Å². The summed E-state index contributed by atoms with van der Waals surface area (Å²) in [5, 5.41) is 0. The van der Waals surface area contributed by atoms with Crippen LogP contribution in [0.5, 0.6) is 0 Å². The van der Waals surface area contributed by atoms with Crippen LogP contribution in [0.4, 0.5) is 0 Å². The minimum atomic E-state index is -1.10. The first-order valence-electron chi connectivity index (χ1n) is 3.38. The number of carbonyl (C=O) groups excluding carboxylic acids is 2. The zero-order valence-electron chi connectivity index (χ0n) is 6.17. The van der Waals surface area contributed by atoms with Crippen LogP contribution in [0.25, 0.3) is 0 Å². The molecule has 2 unspecified atom stereocenters. The van der Waals surface area contributed by atoms with Crippen molar-refractivity contribution in [3.05, 3.63) is 0 Å². The molecular formula is C7H9ClO3. The van der Waals surface area contributed by atoms with Crippen LogP contribution < -0.4 is 0 Å². The SMILES string of the molecule is CC(=O)C1(Cl)CCOC1C=O. The molecule has 0 N–H and O–H groups in total. The minimum absolute atomic E-state index is 0.200. The van der Waals surface area contributed by atoms with Crippen molar-refractivity contribution in [2.75, 3.05) is 6.61 Å². The number of carbonyl (C=O) groups is 2. The van der Waals surface area contributed by atoms with Crippen molar-refractivity contribution < 1.29 is 14.3 Å². The second kappa shape index (κ2) is 2.91. The van der Waals surface area contributed by atoms with Crippen molar-refractivity contribution >= 4 is 23.7 Å². The lowest BCUT2D eigenvalue weighted by Gasteiger charge is -2.19. The van der Waals surface area contributed by atoms with Crippen LogP contribution in [0.15, 0.2) is 0 Å². The molecule has 1 saturated heterocycles. The molecule has 3 nitrogen and oxygen atoms in total. The first-order valence-corrected chi connectivity index (χ1v) is 3.76. The molecule has 1 rings (SSSR count). The molecule has 2 atom stereocenters. The van der Waals surface area contributed by atoms with Crippen LogP contribution in [0.2, 0.25) is 0 Å². The number of halogens is 1. The highest BCUT2D eigenvalue weighted by Gasteiger charge is 2.46. The van der Waals surface area contributed by atoms with Gasteiger partial charge in [0, 0.05) is 6.61 Å². The summed E-state index contributed by atoms with van der Waals surface area (Å²) in [6, 6.07) is 0. The lowest BCUT2D eigenvalue weighted by molar-refractivity contribution is -0.126. The van der Waals surface area contributed by atoms with Gasteiger partial charge in [-0.3, -0.25) is 4.79 Å². The van der Waals surface area contributed by atoms with Crippen LogP contribution in [0.1, 0.15) is 13.3 Å². The van der Waals surface area contributed by atoms with Gasteiger partial charge in [0.15, 0.2) is 12.1 Å². The van der Waals surface area contributed by atoms with Crippen molar-refractivity contribution in [2.45, 2.75) is 24.3 Å². The van der Waals surface area contributed by atoms with Gasteiger partial charge >= 0.3 is 0 Å². The maximum absolute atomic E-state index is 11.0. The number of hydrogen-bond donors (Lipinski definition) is 0. The van der Waals surface area contributed by atoms with E-state index in [9.17, 15) is 9.59 Å². The molecular weight excluding hydrogens is 168 g/mol. The summed E-state index contributed by atoms with van der Waals surface area (Å²) in [4.78, 5) is 20.2. The molecule has 0 saturated carbocycles. The van der Waals surface area contributed by atoms with Crippen molar-refractivity contribution in [2.24, 2.45) is 0 Å². The number of alkyl halides is 1. The fourth-order valence-electron chi connectivity index (χ4n) is 1.13. The molecule has 0 aromatic carbocycles. The number of Topliss-reactive ketones (excluding diaryl/α,β-unsaturated/α-hetero) is 1. The van der Waals surface area contributed by atoms with Crippen molar-refractivity contribution in [1.82, 2.24) is 0 Å². The summed E-state index contributed by atoms with van der Waals surface area (Å²) < 4.78 is 4.96. The fraction of sp³-hybridized carbons (Fsp3) is 0.714. The zero-order chi connectivity index (χ0) is 8.48. The summed E-state index contributed by atoms with van der Waals surface area (Å²) in [6.45, 7) is 1.75. The average Bonchev–Trinajstić information content (AvgIpc) is 2.32. The van der Waals surface area contributed by atoms with E-state index in [-0.39, 0.29) is 5.78 Å². The number of hydrogen-bond acceptors (Lipinski definition) is 3. The highest BCUT2D eigenvalue weighted by Crippen LogP contribution is 2.32. The van der Waals surface area contributed by atoms with E-state index in [1.54, 1.807) is 0 Å². The Labute approximate surface area is 69.7 Å². The maximum Gasteiger partial charge on any atom is 0.153 e. The molecule has 0 aromatic rings. The first-order chi connectivity index (χ1) is 5.11. The fourth-order valence-corrected chi connectivity index (χ4v) is 1.32. The molecule has 0 amide bonds. The van der Waals surface area contributed by atoms with Crippen LogP contribution in [0, 0.1) is 0 Å². The highest BCUT2D eigenvalue weighted by atomic mass is 35.5. The van der Waals surface area contributed by atoms with E-state index < -0.39 is 11.0 Å². The first kappa shape index (κ1) is 8.68. The predicted molar refractivity (Wildman–Crippen MR) is 39.7 cm³/mol. The topological polar surface area (TPSA) is 43.4 Å². The van der Waals surface area contributed by atoms with Crippen molar-refractivity contribution in [3.63, 3.8) is 0 Å². The van der Waals surface area contributed by atoms with Gasteiger partial charge in [-0.1, -0.05) is 0 Å². The Balaban J connectivity index is 2.83. The molecule has 1 heterocycles. The Hall–Kier alpha value is -0.410. The Bertz CT molecular complexity index is 192. The molecule has 1 aliphatic heterocycles. The predicted octanol–water partition coefficient (Wildman–Crippen LogP) is 0.541. The monoisotopic (exact) mass is 176 g/mol. The van der Waals surface area contributed by atoms with E-state index in [0.717, 1.165) is 0 Å². The van der Waals surface area contributed by atoms with Gasteiger partial charge in [-0.2, -0.15) is 0 Å². The van der Waals surface area contributed by atoms with Gasteiger partial charge in [0.25, 0.3) is 0 Å². The van der Waals surface area contributed by atoms with E-state index in [1.165, 1.54) is 6.92 Å². The highest BCUT2D eigenvalue weighted by molar-refractivity contribution is 6.36. The van der Waals surface area contributed by atoms with Gasteiger partial charge in [-0.25, -0.2) is 0 Å². The normalized spacial score (nSPS) is 37.1. The summed E-state index contributed by atoms with van der Waals surface area (Å²) in [7, 11) is 0. The maximum atomic E-state index is 11.0. The standard InChI is InChI=1S/C7H9ClO3/c1-5(10)7(8)2-3-11-6(7)4-9/h4,6H,2-3H2,1H3. The lowest BCUT2D eigenvalue weighted by Crippen LogP contribution is -2.40. The van der Waals surface area contributed by atoms with Crippen LogP contribution in [0.3, 0.4) is 0 Å². The number of ketones is 1. The van der Waals surface area contributed by atoms with Crippen LogP contribution in [-0.2, 0) is 14.3 Å². The molecule has 0 bridgehead atoms. The van der Waals surface area contributed by atoms with E-state index in [0.29, 0.717) is 19.3 Å². The minimum Gasteiger partial charge on any atom is -0.368 e. The Morgan fingerprint density at radius 2 is 2.45 bits per heavy atom. The van der Waals surface area contributed by atoms with Crippen LogP contribution >= 0.6 is 11.6 Å². The third kappa shape index (κ3) is 1.30. The molecule has 62 valence electrons. The van der Waals surface area contributed by atoms with E-state index in [4.69, 9.17) is 16.3 Å². The molecule has 11 heavy (non-hydrogen) atoms. The summed E-state index contributed by atoms with van der Waals surface area (Å²) in [5.74, 6) is -0.200. The quantitative estimate of drug-likeness (QED) is 0.456. The van der Waals surface area contributed by atoms with Gasteiger partial charge in [0.2, 0.25) is 0 Å². The van der Waals surface area contributed by atoms with Gasteiger partial charge < -0.3 is 9.53 Å². The van der Waals surface area contributed by atoms with Gasteiger partial charge in [-0.15, -0.1) is 11.6 Å². The molecule has 0 spiro atoms. The summed E-state index contributed by atoms with van der Waals surface area (Å²) in [6.07, 6.45) is 0.246. The van der Waals surface area contributed by atoms with Gasteiger partial charge in [0.1, 0.15) is 11.0 Å².